The lowest BCUT2D eigenvalue weighted by Crippen LogP contribution is -2.39. The Labute approximate surface area is 89.7 Å². The first-order valence-electron chi connectivity index (χ1n) is 4.26. The lowest BCUT2D eigenvalue weighted by molar-refractivity contribution is 0.534. The molecule has 13 heavy (non-hydrogen) atoms. The largest absolute Gasteiger partial charge is 0.314 e. The van der Waals surface area contributed by atoms with E-state index >= 15 is 0 Å². The molecule has 2 N–H and O–H groups in total. The van der Waals surface area contributed by atoms with Crippen molar-refractivity contribution >= 4 is 17.0 Å². The van der Waals surface area contributed by atoms with Crippen LogP contribution in [0.2, 0.25) is 0 Å². The quantitative estimate of drug-likeness (QED) is 0.712. The molecule has 1 fully saturated rings. The highest BCUT2D eigenvalue weighted by Gasteiger charge is 1.91. The number of rotatable bonds is 0. The van der Waals surface area contributed by atoms with Crippen molar-refractivity contribution in [3.63, 3.8) is 0 Å². The number of aromatic nitrogens is 1. The summed E-state index contributed by atoms with van der Waals surface area (Å²) in [6.07, 6.45) is 3.50. The third-order valence-electron chi connectivity index (χ3n) is 1.52. The van der Waals surface area contributed by atoms with Crippen LogP contribution >= 0.6 is 17.0 Å². The number of nitrogens with one attached hydrogen (secondary N) is 2. The topological polar surface area (TPSA) is 37.0 Å². The molecule has 0 radical (unpaired) electrons. The van der Waals surface area contributed by atoms with E-state index in [1.165, 1.54) is 0 Å². The van der Waals surface area contributed by atoms with Gasteiger partial charge in [0.1, 0.15) is 0 Å². The third-order valence-corrected chi connectivity index (χ3v) is 1.52. The molecule has 1 aliphatic heterocycles. The summed E-state index contributed by atoms with van der Waals surface area (Å²) in [6.45, 7) is 4.56. The molecule has 0 unspecified atom stereocenters. The van der Waals surface area contributed by atoms with Gasteiger partial charge < -0.3 is 10.6 Å². The monoisotopic (exact) mass is 245 g/mol. The smallest absolute Gasteiger partial charge is 0.0267 e. The zero-order chi connectivity index (χ0) is 8.49. The van der Waals surface area contributed by atoms with E-state index in [9.17, 15) is 0 Å². The summed E-state index contributed by atoms with van der Waals surface area (Å²) in [4.78, 5) is 3.78. The summed E-state index contributed by atoms with van der Waals surface area (Å²) in [6, 6.07) is 5.72. The molecule has 0 amide bonds. The Balaban J connectivity index is 0.000000206. The van der Waals surface area contributed by atoms with Crippen molar-refractivity contribution in [3.8, 4) is 0 Å². The fourth-order valence-electron chi connectivity index (χ4n) is 0.916. The van der Waals surface area contributed by atoms with Crippen molar-refractivity contribution in [2.24, 2.45) is 0 Å². The maximum absolute atomic E-state index is 3.78. The first-order valence-corrected chi connectivity index (χ1v) is 4.26. The summed E-state index contributed by atoms with van der Waals surface area (Å²) in [5, 5.41) is 6.44. The highest BCUT2D eigenvalue weighted by atomic mass is 79.9. The lowest BCUT2D eigenvalue weighted by atomic mass is 10.4. The van der Waals surface area contributed by atoms with Gasteiger partial charge in [-0.3, -0.25) is 4.98 Å². The molecule has 0 spiro atoms. The van der Waals surface area contributed by atoms with Crippen molar-refractivity contribution in [1.82, 2.24) is 15.6 Å². The number of nitrogens with zero attached hydrogens (tertiary/aromatic N) is 1. The molecule has 0 aliphatic carbocycles. The van der Waals surface area contributed by atoms with Gasteiger partial charge in [-0.2, -0.15) is 0 Å². The van der Waals surface area contributed by atoms with Gasteiger partial charge in [0.2, 0.25) is 0 Å². The Kier molecular flexibility index (Phi) is 9.30. The molecule has 2 heterocycles. The maximum Gasteiger partial charge on any atom is 0.0267 e. The minimum atomic E-state index is 0. The molecule has 0 atom stereocenters. The average molecular weight is 246 g/mol. The SMILES string of the molecule is Br.C1CNCCN1.c1ccncc1. The van der Waals surface area contributed by atoms with Gasteiger partial charge in [0, 0.05) is 38.6 Å². The highest BCUT2D eigenvalue weighted by Crippen LogP contribution is 1.73. The molecule has 4 heteroatoms. The van der Waals surface area contributed by atoms with Crippen molar-refractivity contribution in [3.05, 3.63) is 30.6 Å². The molecule has 3 nitrogen and oxygen atoms in total. The molecule has 0 saturated carbocycles. The van der Waals surface area contributed by atoms with Crippen LogP contribution in [0.25, 0.3) is 0 Å². The lowest BCUT2D eigenvalue weighted by Gasteiger charge is -2.11. The first kappa shape index (κ1) is 12.6. The van der Waals surface area contributed by atoms with Crippen LogP contribution in [0.3, 0.4) is 0 Å². The van der Waals surface area contributed by atoms with E-state index in [0.29, 0.717) is 0 Å². The van der Waals surface area contributed by atoms with E-state index in [4.69, 9.17) is 0 Å². The Morgan fingerprint density at radius 3 is 1.38 bits per heavy atom. The van der Waals surface area contributed by atoms with Gasteiger partial charge in [0.05, 0.1) is 0 Å². The first-order chi connectivity index (χ1) is 6.00. The van der Waals surface area contributed by atoms with Crippen LogP contribution in [0.1, 0.15) is 0 Å². The molecule has 2 rings (SSSR count). The van der Waals surface area contributed by atoms with Crippen LogP contribution in [0, 0.1) is 0 Å². The number of hydrogen-bond donors (Lipinski definition) is 2. The van der Waals surface area contributed by atoms with Crippen LogP contribution in [0.15, 0.2) is 30.6 Å². The van der Waals surface area contributed by atoms with E-state index in [1.54, 1.807) is 12.4 Å². The summed E-state index contributed by atoms with van der Waals surface area (Å²) in [5.74, 6) is 0. The predicted molar refractivity (Wildman–Crippen MR) is 60.3 cm³/mol. The number of piperazine rings is 1. The molecule has 1 saturated heterocycles. The zero-order valence-corrected chi connectivity index (χ0v) is 9.28. The standard InChI is InChI=1S/C5H5N.C4H10N2.BrH/c1-2-4-6-5-3-1;1-2-6-4-3-5-1;/h1-5H;5-6H,1-4H2;1H. The second-order valence-corrected chi connectivity index (χ2v) is 2.52. The van der Waals surface area contributed by atoms with E-state index in [0.717, 1.165) is 26.2 Å². The minimum Gasteiger partial charge on any atom is -0.314 e. The summed E-state index contributed by atoms with van der Waals surface area (Å²) >= 11 is 0. The van der Waals surface area contributed by atoms with Gasteiger partial charge in [0.15, 0.2) is 0 Å². The van der Waals surface area contributed by atoms with Crippen LogP contribution in [-0.4, -0.2) is 31.2 Å². The second-order valence-electron chi connectivity index (χ2n) is 2.52. The Morgan fingerprint density at radius 1 is 0.769 bits per heavy atom. The molecule has 0 aromatic carbocycles. The van der Waals surface area contributed by atoms with Crippen molar-refractivity contribution in [2.75, 3.05) is 26.2 Å². The molecule has 1 aromatic rings. The number of hydrogen-bond acceptors (Lipinski definition) is 3. The average Bonchev–Trinajstić information content (AvgIpc) is 2.24. The third kappa shape index (κ3) is 7.90. The molecule has 1 aliphatic rings. The van der Waals surface area contributed by atoms with Crippen LogP contribution in [-0.2, 0) is 0 Å². The molecule has 74 valence electrons. The van der Waals surface area contributed by atoms with Gasteiger partial charge in [0.25, 0.3) is 0 Å². The van der Waals surface area contributed by atoms with Gasteiger partial charge in [-0.05, 0) is 12.1 Å². The fraction of sp³-hybridized carbons (Fsp3) is 0.444. The van der Waals surface area contributed by atoms with E-state index in [1.807, 2.05) is 18.2 Å². The second kappa shape index (κ2) is 9.64. The molecule has 1 aromatic heterocycles. The Morgan fingerprint density at radius 2 is 1.23 bits per heavy atom. The van der Waals surface area contributed by atoms with Gasteiger partial charge in [-0.25, -0.2) is 0 Å². The van der Waals surface area contributed by atoms with Crippen molar-refractivity contribution < 1.29 is 0 Å². The van der Waals surface area contributed by atoms with Crippen molar-refractivity contribution in [1.29, 1.82) is 0 Å². The molecular formula is C9H16BrN3. The Bertz CT molecular complexity index is 139. The minimum absolute atomic E-state index is 0. The van der Waals surface area contributed by atoms with Crippen LogP contribution < -0.4 is 10.6 Å². The zero-order valence-electron chi connectivity index (χ0n) is 7.57. The summed E-state index contributed by atoms with van der Waals surface area (Å²) in [7, 11) is 0. The van der Waals surface area contributed by atoms with E-state index < -0.39 is 0 Å². The maximum atomic E-state index is 3.78. The number of halogens is 1. The van der Waals surface area contributed by atoms with Gasteiger partial charge in [-0.1, -0.05) is 6.07 Å². The number of pyridine rings is 1. The highest BCUT2D eigenvalue weighted by molar-refractivity contribution is 8.93. The van der Waals surface area contributed by atoms with E-state index in [2.05, 4.69) is 15.6 Å². The Hall–Kier alpha value is -0.450. The normalized spacial score (nSPS) is 14.8. The van der Waals surface area contributed by atoms with Crippen LogP contribution in [0.5, 0.6) is 0 Å². The van der Waals surface area contributed by atoms with E-state index in [-0.39, 0.29) is 17.0 Å². The molecule has 0 bridgehead atoms. The summed E-state index contributed by atoms with van der Waals surface area (Å²) < 4.78 is 0. The fourth-order valence-corrected chi connectivity index (χ4v) is 0.916. The van der Waals surface area contributed by atoms with Gasteiger partial charge >= 0.3 is 0 Å². The molecular weight excluding hydrogens is 230 g/mol. The van der Waals surface area contributed by atoms with Crippen LogP contribution in [0.4, 0.5) is 0 Å². The van der Waals surface area contributed by atoms with Gasteiger partial charge in [-0.15, -0.1) is 17.0 Å². The predicted octanol–water partition coefficient (Wildman–Crippen LogP) is 0.839. The summed E-state index contributed by atoms with van der Waals surface area (Å²) in [5.41, 5.74) is 0. The van der Waals surface area contributed by atoms with Crippen molar-refractivity contribution in [2.45, 2.75) is 0 Å².